The quantitative estimate of drug-likeness (QED) is 0.222. The van der Waals surface area contributed by atoms with Gasteiger partial charge in [-0.2, -0.15) is 0 Å². The van der Waals surface area contributed by atoms with E-state index < -0.39 is 0 Å². The predicted octanol–water partition coefficient (Wildman–Crippen LogP) is 9.03. The zero-order valence-electron chi connectivity index (χ0n) is 21.3. The van der Waals surface area contributed by atoms with E-state index in [9.17, 15) is 0 Å². The van der Waals surface area contributed by atoms with Crippen LogP contribution in [-0.4, -0.2) is 18.9 Å². The van der Waals surface area contributed by atoms with E-state index in [0.717, 1.165) is 38.8 Å². The van der Waals surface area contributed by atoms with Crippen LogP contribution in [0.3, 0.4) is 0 Å². The fourth-order valence-electron chi connectivity index (χ4n) is 6.93. The molecule has 184 valence electrons. The summed E-state index contributed by atoms with van der Waals surface area (Å²) in [5, 5.41) is 8.61. The van der Waals surface area contributed by atoms with Crippen molar-refractivity contribution in [3.05, 3.63) is 121 Å². The maximum absolute atomic E-state index is 5.15. The molecule has 40 heavy (non-hydrogen) atoms. The second-order valence-electron chi connectivity index (χ2n) is 10.7. The standard InChI is InChI=1S/C36H20N4/c1-2-9-22-20-23(17-16-21(22)8-1)39-30-15-6-3-10-24(30)25-18-19-31-32(35(25)39)26-11-7-12-27-33-36(40(31)34(26)27)38-29-14-5-4-13-28(29)37-33/h1-20H. The van der Waals surface area contributed by atoms with Crippen molar-refractivity contribution in [2.45, 2.75) is 0 Å². The van der Waals surface area contributed by atoms with Gasteiger partial charge in [-0.15, -0.1) is 0 Å². The lowest BCUT2D eigenvalue weighted by atomic mass is 10.1. The van der Waals surface area contributed by atoms with Gasteiger partial charge in [0.1, 0.15) is 5.52 Å². The van der Waals surface area contributed by atoms with Crippen molar-refractivity contribution in [1.29, 1.82) is 0 Å². The highest BCUT2D eigenvalue weighted by atomic mass is 15.0. The molecular formula is C36H20N4. The Morgan fingerprint density at radius 3 is 2.15 bits per heavy atom. The number of rotatable bonds is 1. The first-order valence-electron chi connectivity index (χ1n) is 13.6. The summed E-state index contributed by atoms with van der Waals surface area (Å²) in [5.41, 5.74) is 9.64. The van der Waals surface area contributed by atoms with Crippen molar-refractivity contribution in [3.8, 4) is 5.69 Å². The lowest BCUT2D eigenvalue weighted by Gasteiger charge is -2.10. The fourth-order valence-corrected chi connectivity index (χ4v) is 6.93. The van der Waals surface area contributed by atoms with E-state index in [1.807, 2.05) is 24.3 Å². The molecule has 0 N–H and O–H groups in total. The molecule has 4 heterocycles. The molecule has 0 aliphatic heterocycles. The third-order valence-electron chi connectivity index (χ3n) is 8.59. The summed E-state index contributed by atoms with van der Waals surface area (Å²) in [4.78, 5) is 10.2. The second kappa shape index (κ2) is 7.13. The van der Waals surface area contributed by atoms with Gasteiger partial charge in [0.15, 0.2) is 5.65 Å². The number of hydrogen-bond donors (Lipinski definition) is 0. The molecule has 0 atom stereocenters. The molecular weight excluding hydrogens is 488 g/mol. The highest BCUT2D eigenvalue weighted by molar-refractivity contribution is 6.30. The lowest BCUT2D eigenvalue weighted by molar-refractivity contribution is 1.19. The lowest BCUT2D eigenvalue weighted by Crippen LogP contribution is -1.94. The van der Waals surface area contributed by atoms with Crippen LogP contribution >= 0.6 is 0 Å². The van der Waals surface area contributed by atoms with E-state index in [2.05, 4.69) is 106 Å². The van der Waals surface area contributed by atoms with Gasteiger partial charge in [0, 0.05) is 32.6 Å². The van der Waals surface area contributed by atoms with Gasteiger partial charge in [-0.3, -0.25) is 4.40 Å². The van der Waals surface area contributed by atoms with Crippen LogP contribution in [0.2, 0.25) is 0 Å². The summed E-state index contributed by atoms with van der Waals surface area (Å²) >= 11 is 0. The van der Waals surface area contributed by atoms with Crippen molar-refractivity contribution >= 4 is 82.0 Å². The molecule has 6 aromatic carbocycles. The van der Waals surface area contributed by atoms with Crippen molar-refractivity contribution in [2.75, 3.05) is 0 Å². The molecule has 4 nitrogen and oxygen atoms in total. The molecule has 0 saturated carbocycles. The molecule has 0 spiro atoms. The van der Waals surface area contributed by atoms with Gasteiger partial charge < -0.3 is 4.57 Å². The predicted molar refractivity (Wildman–Crippen MR) is 166 cm³/mol. The topological polar surface area (TPSA) is 35.1 Å². The molecule has 10 aromatic rings. The SMILES string of the molecule is c1ccc2cc(-n3c4ccccc4c4ccc5c(c6cccc7c8nc9ccccc9nc8n5c76)c43)ccc2c1. The van der Waals surface area contributed by atoms with Gasteiger partial charge in [0.25, 0.3) is 0 Å². The molecule has 0 radical (unpaired) electrons. The van der Waals surface area contributed by atoms with Gasteiger partial charge in [-0.25, -0.2) is 9.97 Å². The number of nitrogens with zero attached hydrogens (tertiary/aromatic N) is 4. The number of fused-ring (bicyclic) bond motifs is 12. The van der Waals surface area contributed by atoms with Gasteiger partial charge in [-0.1, -0.05) is 84.9 Å². The number of para-hydroxylation sites is 4. The Balaban J connectivity index is 1.45. The molecule has 0 fully saturated rings. The second-order valence-corrected chi connectivity index (χ2v) is 10.7. The third kappa shape index (κ3) is 2.42. The smallest absolute Gasteiger partial charge is 0.165 e. The molecule has 4 aromatic heterocycles. The van der Waals surface area contributed by atoms with Crippen LogP contribution in [0.4, 0.5) is 0 Å². The average Bonchev–Trinajstić information content (AvgIpc) is 3.64. The van der Waals surface area contributed by atoms with Crippen molar-refractivity contribution in [2.24, 2.45) is 0 Å². The van der Waals surface area contributed by atoms with E-state index >= 15 is 0 Å². The summed E-state index contributed by atoms with van der Waals surface area (Å²) in [5.74, 6) is 0. The van der Waals surface area contributed by atoms with E-state index in [4.69, 9.17) is 9.97 Å². The average molecular weight is 509 g/mol. The highest BCUT2D eigenvalue weighted by Crippen LogP contribution is 2.44. The fraction of sp³-hybridized carbons (Fsp3) is 0. The van der Waals surface area contributed by atoms with Crippen molar-refractivity contribution in [3.63, 3.8) is 0 Å². The zero-order valence-corrected chi connectivity index (χ0v) is 21.3. The molecule has 0 saturated heterocycles. The summed E-state index contributed by atoms with van der Waals surface area (Å²) in [7, 11) is 0. The number of aromatic nitrogens is 4. The normalized spacial score (nSPS) is 12.5. The van der Waals surface area contributed by atoms with Crippen molar-refractivity contribution < 1.29 is 0 Å². The van der Waals surface area contributed by atoms with Gasteiger partial charge in [-0.05, 0) is 47.2 Å². The van der Waals surface area contributed by atoms with Crippen molar-refractivity contribution in [1.82, 2.24) is 18.9 Å². The molecule has 0 unspecified atom stereocenters. The third-order valence-corrected chi connectivity index (χ3v) is 8.59. The Morgan fingerprint density at radius 1 is 0.475 bits per heavy atom. The van der Waals surface area contributed by atoms with E-state index in [0.29, 0.717) is 0 Å². The van der Waals surface area contributed by atoms with E-state index in [1.54, 1.807) is 0 Å². The molecule has 0 bridgehead atoms. The first-order valence-corrected chi connectivity index (χ1v) is 13.6. The van der Waals surface area contributed by atoms with E-state index in [1.165, 1.54) is 48.9 Å². The van der Waals surface area contributed by atoms with Crippen LogP contribution in [-0.2, 0) is 0 Å². The minimum atomic E-state index is 0.910. The Morgan fingerprint density at radius 2 is 1.23 bits per heavy atom. The molecule has 10 rings (SSSR count). The zero-order chi connectivity index (χ0) is 25.9. The molecule has 0 aliphatic rings. The monoisotopic (exact) mass is 508 g/mol. The largest absolute Gasteiger partial charge is 0.309 e. The number of hydrogen-bond acceptors (Lipinski definition) is 2. The van der Waals surface area contributed by atoms with Crippen LogP contribution in [0.1, 0.15) is 0 Å². The molecule has 0 aliphatic carbocycles. The summed E-state index contributed by atoms with van der Waals surface area (Å²) in [6.45, 7) is 0. The first-order chi connectivity index (χ1) is 19.8. The molecule has 4 heteroatoms. The van der Waals surface area contributed by atoms with Gasteiger partial charge >= 0.3 is 0 Å². The Labute approximate surface area is 227 Å². The van der Waals surface area contributed by atoms with Crippen LogP contribution in [0.25, 0.3) is 87.7 Å². The van der Waals surface area contributed by atoms with Crippen LogP contribution in [0.5, 0.6) is 0 Å². The van der Waals surface area contributed by atoms with Crippen LogP contribution in [0.15, 0.2) is 121 Å². The minimum Gasteiger partial charge on any atom is -0.309 e. The molecule has 0 amide bonds. The Bertz CT molecular complexity index is 2660. The van der Waals surface area contributed by atoms with Crippen LogP contribution in [0, 0.1) is 0 Å². The van der Waals surface area contributed by atoms with Gasteiger partial charge in [0.05, 0.1) is 33.1 Å². The van der Waals surface area contributed by atoms with Gasteiger partial charge in [0.2, 0.25) is 0 Å². The Hall–Kier alpha value is -5.48. The summed E-state index contributed by atoms with van der Waals surface area (Å²) in [6.07, 6.45) is 0. The highest BCUT2D eigenvalue weighted by Gasteiger charge is 2.23. The summed E-state index contributed by atoms with van der Waals surface area (Å²) in [6, 6.07) is 43.4. The first kappa shape index (κ1) is 20.5. The maximum Gasteiger partial charge on any atom is 0.165 e. The Kier molecular flexibility index (Phi) is 3.65. The van der Waals surface area contributed by atoms with Crippen LogP contribution < -0.4 is 0 Å². The van der Waals surface area contributed by atoms with E-state index in [-0.39, 0.29) is 0 Å². The number of benzene rings is 6. The maximum atomic E-state index is 5.15. The summed E-state index contributed by atoms with van der Waals surface area (Å²) < 4.78 is 4.78. The minimum absolute atomic E-state index is 0.910.